The first-order valence-electron chi connectivity index (χ1n) is 7.59. The lowest BCUT2D eigenvalue weighted by atomic mass is 9.61. The van der Waals surface area contributed by atoms with Gasteiger partial charge in [-0.05, 0) is 51.6 Å². The largest absolute Gasteiger partial charge is 0.392 e. The fourth-order valence-electron chi connectivity index (χ4n) is 3.75. The smallest absolute Gasteiger partial charge is 0.235 e. The molecule has 114 valence electrons. The Balaban J connectivity index is 1.93. The van der Waals surface area contributed by atoms with E-state index < -0.39 is 5.41 Å². The van der Waals surface area contributed by atoms with Gasteiger partial charge in [-0.3, -0.25) is 4.79 Å². The van der Waals surface area contributed by atoms with Crippen molar-refractivity contribution in [3.63, 3.8) is 0 Å². The zero-order chi connectivity index (χ0) is 14.9. The van der Waals surface area contributed by atoms with Gasteiger partial charge in [-0.1, -0.05) is 19.1 Å². The summed E-state index contributed by atoms with van der Waals surface area (Å²) in [5.41, 5.74) is 5.35. The molecular formula is C15H27N3OS. The Labute approximate surface area is 127 Å². The van der Waals surface area contributed by atoms with Crippen LogP contribution < -0.4 is 5.73 Å². The number of carbonyl (C=O) groups is 1. The van der Waals surface area contributed by atoms with E-state index >= 15 is 0 Å². The van der Waals surface area contributed by atoms with Crippen molar-refractivity contribution in [2.24, 2.45) is 23.0 Å². The molecule has 1 heterocycles. The molecule has 0 spiro atoms. The Morgan fingerprint density at radius 3 is 2.30 bits per heavy atom. The Bertz CT molecular complexity index is 383. The molecule has 2 rings (SSSR count). The number of hydrogen-bond donors (Lipinski definition) is 1. The summed E-state index contributed by atoms with van der Waals surface area (Å²) >= 11 is 5.18. The molecule has 0 aromatic rings. The molecule has 2 aliphatic rings. The van der Waals surface area contributed by atoms with Crippen LogP contribution in [-0.4, -0.2) is 54.4 Å². The Morgan fingerprint density at radius 2 is 1.90 bits per heavy atom. The number of nitrogens with two attached hydrogens (primary N) is 1. The Morgan fingerprint density at radius 1 is 1.35 bits per heavy atom. The van der Waals surface area contributed by atoms with Crippen LogP contribution >= 0.6 is 12.2 Å². The van der Waals surface area contributed by atoms with E-state index in [-0.39, 0.29) is 5.91 Å². The summed E-state index contributed by atoms with van der Waals surface area (Å²) in [6, 6.07) is 0. The fraction of sp³-hybridized carbons (Fsp3) is 0.867. The van der Waals surface area contributed by atoms with E-state index in [9.17, 15) is 4.79 Å². The highest BCUT2D eigenvalue weighted by Gasteiger charge is 2.52. The predicted molar refractivity (Wildman–Crippen MR) is 85.5 cm³/mol. The summed E-state index contributed by atoms with van der Waals surface area (Å²) in [4.78, 5) is 17.4. The topological polar surface area (TPSA) is 49.6 Å². The Kier molecular flexibility index (Phi) is 4.69. The van der Waals surface area contributed by atoms with Crippen molar-refractivity contribution < 1.29 is 4.79 Å². The number of carbonyl (C=O) groups excluding carboxylic acids is 1. The summed E-state index contributed by atoms with van der Waals surface area (Å²) < 4.78 is 0. The first-order valence-corrected chi connectivity index (χ1v) is 8.00. The molecule has 1 aliphatic carbocycles. The minimum atomic E-state index is -0.525. The van der Waals surface area contributed by atoms with Crippen molar-refractivity contribution in [3.8, 4) is 0 Å². The first kappa shape index (κ1) is 15.7. The van der Waals surface area contributed by atoms with Gasteiger partial charge in [0.1, 0.15) is 0 Å². The van der Waals surface area contributed by atoms with Crippen LogP contribution in [0.5, 0.6) is 0 Å². The van der Waals surface area contributed by atoms with Gasteiger partial charge in [0.25, 0.3) is 0 Å². The predicted octanol–water partition coefficient (Wildman–Crippen LogP) is 1.49. The zero-order valence-corrected chi connectivity index (χ0v) is 13.7. The number of thiocarbonyl (C=S) groups is 1. The highest BCUT2D eigenvalue weighted by molar-refractivity contribution is 7.80. The molecule has 5 heteroatoms. The van der Waals surface area contributed by atoms with E-state index in [1.807, 2.05) is 4.90 Å². The van der Waals surface area contributed by atoms with Gasteiger partial charge >= 0.3 is 0 Å². The third-order valence-electron chi connectivity index (χ3n) is 4.80. The average Bonchev–Trinajstić information content (AvgIpc) is 2.33. The second-order valence-corrected chi connectivity index (χ2v) is 7.40. The van der Waals surface area contributed by atoms with Crippen molar-refractivity contribution in [3.05, 3.63) is 0 Å². The molecule has 2 N–H and O–H groups in total. The summed E-state index contributed by atoms with van der Waals surface area (Å²) in [7, 11) is 4.21. The van der Waals surface area contributed by atoms with Crippen molar-refractivity contribution >= 4 is 23.1 Å². The molecular weight excluding hydrogens is 270 g/mol. The number of amides is 1. The van der Waals surface area contributed by atoms with Gasteiger partial charge in [0.05, 0.1) is 10.4 Å². The van der Waals surface area contributed by atoms with Gasteiger partial charge in [0.15, 0.2) is 0 Å². The van der Waals surface area contributed by atoms with Crippen LogP contribution in [0.15, 0.2) is 0 Å². The molecule has 0 unspecified atom stereocenters. The van der Waals surface area contributed by atoms with Crippen LogP contribution in [0.25, 0.3) is 0 Å². The lowest BCUT2D eigenvalue weighted by molar-refractivity contribution is -0.145. The molecule has 4 nitrogen and oxygen atoms in total. The second-order valence-electron chi connectivity index (χ2n) is 6.96. The van der Waals surface area contributed by atoms with E-state index in [2.05, 4.69) is 25.9 Å². The van der Waals surface area contributed by atoms with Crippen molar-refractivity contribution in [2.45, 2.75) is 32.6 Å². The SMILES string of the molecule is CC1CC(C(=O)N2CCC(CN(C)C)CC2)(C(N)=S)C1. The maximum absolute atomic E-state index is 12.8. The normalized spacial score (nSPS) is 31.2. The maximum atomic E-state index is 12.8. The van der Waals surface area contributed by atoms with Gasteiger partial charge in [0.2, 0.25) is 5.91 Å². The number of piperidine rings is 1. The highest BCUT2D eigenvalue weighted by Crippen LogP contribution is 2.47. The third-order valence-corrected chi connectivity index (χ3v) is 5.19. The summed E-state index contributed by atoms with van der Waals surface area (Å²) in [5, 5.41) is 0. The van der Waals surface area contributed by atoms with Crippen molar-refractivity contribution in [2.75, 3.05) is 33.7 Å². The molecule has 0 bridgehead atoms. The molecule has 0 radical (unpaired) electrons. The summed E-state index contributed by atoms with van der Waals surface area (Å²) in [6.45, 7) is 4.98. The van der Waals surface area contributed by atoms with E-state index in [4.69, 9.17) is 18.0 Å². The number of hydrogen-bond acceptors (Lipinski definition) is 3. The van der Waals surface area contributed by atoms with Crippen LogP contribution in [0.1, 0.15) is 32.6 Å². The molecule has 1 saturated heterocycles. The van der Waals surface area contributed by atoms with Crippen LogP contribution in [0.2, 0.25) is 0 Å². The zero-order valence-electron chi connectivity index (χ0n) is 12.9. The van der Waals surface area contributed by atoms with Gasteiger partial charge in [-0.15, -0.1) is 0 Å². The van der Waals surface area contributed by atoms with Gasteiger partial charge in [0, 0.05) is 19.6 Å². The Hall–Kier alpha value is -0.680. The van der Waals surface area contributed by atoms with Crippen LogP contribution in [0, 0.1) is 17.3 Å². The van der Waals surface area contributed by atoms with E-state index in [0.29, 0.717) is 16.8 Å². The lowest BCUT2D eigenvalue weighted by Gasteiger charge is -2.47. The monoisotopic (exact) mass is 297 g/mol. The van der Waals surface area contributed by atoms with Gasteiger partial charge in [-0.2, -0.15) is 0 Å². The van der Waals surface area contributed by atoms with Crippen LogP contribution in [-0.2, 0) is 4.79 Å². The standard InChI is InChI=1S/C15H27N3OS/c1-11-8-15(9-11,13(16)20)14(19)18-6-4-12(5-7-18)10-17(2)3/h11-12H,4-10H2,1-3H3,(H2,16,20). The fourth-order valence-corrected chi connectivity index (χ4v) is 4.00. The molecule has 1 aliphatic heterocycles. The number of rotatable bonds is 4. The molecule has 1 saturated carbocycles. The van der Waals surface area contributed by atoms with Crippen LogP contribution in [0.4, 0.5) is 0 Å². The molecule has 0 aromatic heterocycles. The third kappa shape index (κ3) is 2.98. The second kappa shape index (κ2) is 5.98. The van der Waals surface area contributed by atoms with Gasteiger partial charge < -0.3 is 15.5 Å². The molecule has 0 aromatic carbocycles. The molecule has 0 atom stereocenters. The maximum Gasteiger partial charge on any atom is 0.235 e. The summed E-state index contributed by atoms with van der Waals surface area (Å²) in [6.07, 6.45) is 3.84. The van der Waals surface area contributed by atoms with E-state index in [1.54, 1.807) is 0 Å². The number of likely N-dealkylation sites (tertiary alicyclic amines) is 1. The highest BCUT2D eigenvalue weighted by atomic mass is 32.1. The lowest BCUT2D eigenvalue weighted by Crippen LogP contribution is -2.58. The quantitative estimate of drug-likeness (QED) is 0.799. The molecule has 1 amide bonds. The molecule has 2 fully saturated rings. The minimum absolute atomic E-state index is 0.186. The summed E-state index contributed by atoms with van der Waals surface area (Å²) in [5.74, 6) is 1.45. The molecule has 20 heavy (non-hydrogen) atoms. The average molecular weight is 297 g/mol. The van der Waals surface area contributed by atoms with E-state index in [1.165, 1.54) is 0 Å². The first-order chi connectivity index (χ1) is 9.35. The van der Waals surface area contributed by atoms with Crippen molar-refractivity contribution in [1.29, 1.82) is 0 Å². The minimum Gasteiger partial charge on any atom is -0.392 e. The van der Waals surface area contributed by atoms with Crippen LogP contribution in [0.3, 0.4) is 0 Å². The van der Waals surface area contributed by atoms with E-state index in [0.717, 1.165) is 45.3 Å². The van der Waals surface area contributed by atoms with Crippen molar-refractivity contribution in [1.82, 2.24) is 9.80 Å². The van der Waals surface area contributed by atoms with Gasteiger partial charge in [-0.25, -0.2) is 0 Å². The number of nitrogens with zero attached hydrogens (tertiary/aromatic N) is 2.